The van der Waals surface area contributed by atoms with E-state index in [1.54, 1.807) is 18.2 Å². The van der Waals surface area contributed by atoms with Crippen LogP contribution in [0.15, 0.2) is 29.2 Å². The Balaban J connectivity index is 2.71. The average molecular weight is 286 g/mol. The Kier molecular flexibility index (Phi) is 3.58. The van der Waals surface area contributed by atoms with Crippen LogP contribution < -0.4 is 0 Å². The van der Waals surface area contributed by atoms with Crippen LogP contribution in [-0.2, 0) is 0 Å². The summed E-state index contributed by atoms with van der Waals surface area (Å²) in [5.74, 6) is -2.33. The van der Waals surface area contributed by atoms with Gasteiger partial charge in [-0.15, -0.1) is 0 Å². The third-order valence-electron chi connectivity index (χ3n) is 1.02. The number of benzene rings is 1. The minimum atomic E-state index is -2.33. The molecule has 1 aromatic rings. The molecule has 0 aliphatic heterocycles. The molecular formula is C7H5F2IS. The van der Waals surface area contributed by atoms with Gasteiger partial charge in [-0.2, -0.15) is 8.78 Å². The summed E-state index contributed by atoms with van der Waals surface area (Å²) in [6, 6.07) is 7.05. The van der Waals surface area contributed by atoms with Gasteiger partial charge in [0.25, 0.3) is 5.76 Å². The fourth-order valence-electron chi connectivity index (χ4n) is 0.643. The van der Waals surface area contributed by atoms with Crippen molar-refractivity contribution in [1.29, 1.82) is 0 Å². The molecule has 0 spiro atoms. The zero-order chi connectivity index (χ0) is 8.27. The van der Waals surface area contributed by atoms with Gasteiger partial charge in [-0.1, -0.05) is 17.8 Å². The maximum atomic E-state index is 11.8. The monoisotopic (exact) mass is 286 g/mol. The molecule has 0 atom stereocenters. The Morgan fingerprint density at radius 2 is 2.09 bits per heavy atom. The first-order chi connectivity index (χ1) is 5.18. The fourth-order valence-corrected chi connectivity index (χ4v) is 1.96. The maximum Gasteiger partial charge on any atom is 0.288 e. The molecule has 0 aromatic heterocycles. The third-order valence-corrected chi connectivity index (χ3v) is 2.40. The van der Waals surface area contributed by atoms with Crippen LogP contribution in [0.25, 0.3) is 0 Å². The Morgan fingerprint density at radius 3 is 2.64 bits per heavy atom. The molecule has 0 nitrogen and oxygen atoms in total. The van der Waals surface area contributed by atoms with E-state index in [1.807, 2.05) is 6.07 Å². The smallest absolute Gasteiger partial charge is 0.198 e. The second kappa shape index (κ2) is 4.25. The van der Waals surface area contributed by atoms with Gasteiger partial charge in [-0.25, -0.2) is 0 Å². The molecule has 0 heterocycles. The molecule has 0 aliphatic rings. The molecule has 0 amide bonds. The van der Waals surface area contributed by atoms with Gasteiger partial charge in [0.05, 0.1) is 0 Å². The van der Waals surface area contributed by atoms with Crippen molar-refractivity contribution < 1.29 is 8.78 Å². The summed E-state index contributed by atoms with van der Waals surface area (Å²) in [5.41, 5.74) is 0. The van der Waals surface area contributed by atoms with Gasteiger partial charge in [0.2, 0.25) is 0 Å². The number of halogens is 3. The minimum Gasteiger partial charge on any atom is -0.198 e. The summed E-state index contributed by atoms with van der Waals surface area (Å²) in [7, 11) is 0. The molecule has 0 unspecified atom stereocenters. The summed E-state index contributed by atoms with van der Waals surface area (Å²) in [6.07, 6.45) is 0. The molecule has 0 N–H and O–H groups in total. The predicted octanol–water partition coefficient (Wildman–Crippen LogP) is 3.61. The lowest BCUT2D eigenvalue weighted by Crippen LogP contribution is -1.81. The first kappa shape index (κ1) is 9.25. The summed E-state index contributed by atoms with van der Waals surface area (Å²) < 4.78 is 24.6. The maximum absolute atomic E-state index is 11.8. The van der Waals surface area contributed by atoms with Gasteiger partial charge < -0.3 is 0 Å². The third kappa shape index (κ3) is 3.37. The van der Waals surface area contributed by atoms with Crippen molar-refractivity contribution in [1.82, 2.24) is 0 Å². The van der Waals surface area contributed by atoms with Crippen molar-refractivity contribution in [3.63, 3.8) is 0 Å². The van der Waals surface area contributed by atoms with E-state index in [0.29, 0.717) is 16.7 Å². The van der Waals surface area contributed by atoms with Crippen LogP contribution in [0.4, 0.5) is 8.78 Å². The zero-order valence-corrected chi connectivity index (χ0v) is 8.40. The largest absolute Gasteiger partial charge is 0.288 e. The van der Waals surface area contributed by atoms with E-state index >= 15 is 0 Å². The van der Waals surface area contributed by atoms with Gasteiger partial charge in [-0.05, 0) is 40.8 Å². The number of thioether (sulfide) groups is 1. The average Bonchev–Trinajstić information content (AvgIpc) is 1.85. The Labute approximate surface area is 81.5 Å². The number of alkyl halides is 2. The molecule has 0 radical (unpaired) electrons. The second-order valence-electron chi connectivity index (χ2n) is 1.84. The van der Waals surface area contributed by atoms with Crippen molar-refractivity contribution in [2.24, 2.45) is 0 Å². The quantitative estimate of drug-likeness (QED) is 0.591. The normalized spacial score (nSPS) is 10.5. The molecule has 4 heteroatoms. The lowest BCUT2D eigenvalue weighted by Gasteiger charge is -1.98. The predicted molar refractivity (Wildman–Crippen MR) is 51.0 cm³/mol. The highest BCUT2D eigenvalue weighted by atomic mass is 127. The number of hydrogen-bond donors (Lipinski definition) is 0. The van der Waals surface area contributed by atoms with Crippen LogP contribution in [0, 0.1) is 3.57 Å². The van der Waals surface area contributed by atoms with E-state index in [2.05, 4.69) is 22.6 Å². The van der Waals surface area contributed by atoms with Crippen molar-refractivity contribution in [2.75, 3.05) is 0 Å². The molecular weight excluding hydrogens is 281 g/mol. The van der Waals surface area contributed by atoms with Gasteiger partial charge in [0.1, 0.15) is 0 Å². The molecule has 11 heavy (non-hydrogen) atoms. The van der Waals surface area contributed by atoms with E-state index < -0.39 is 5.76 Å². The molecule has 1 rings (SSSR count). The summed E-state index contributed by atoms with van der Waals surface area (Å²) >= 11 is 2.67. The first-order valence-electron chi connectivity index (χ1n) is 2.89. The Bertz CT molecular complexity index is 240. The van der Waals surface area contributed by atoms with Crippen LogP contribution in [0.3, 0.4) is 0 Å². The highest BCUT2D eigenvalue weighted by Crippen LogP contribution is 2.25. The molecule has 0 saturated carbocycles. The van der Waals surface area contributed by atoms with E-state index in [4.69, 9.17) is 0 Å². The van der Waals surface area contributed by atoms with Crippen LogP contribution >= 0.6 is 34.4 Å². The SMILES string of the molecule is FC(F)Sc1cccc(I)c1. The van der Waals surface area contributed by atoms with Crippen molar-refractivity contribution in [3.05, 3.63) is 27.8 Å². The Morgan fingerprint density at radius 1 is 1.36 bits per heavy atom. The van der Waals surface area contributed by atoms with Crippen molar-refractivity contribution >= 4 is 34.4 Å². The van der Waals surface area contributed by atoms with E-state index in [0.717, 1.165) is 3.57 Å². The lowest BCUT2D eigenvalue weighted by atomic mass is 10.4. The molecule has 0 saturated heterocycles. The highest BCUT2D eigenvalue weighted by Gasteiger charge is 2.04. The highest BCUT2D eigenvalue weighted by molar-refractivity contribution is 14.1. The lowest BCUT2D eigenvalue weighted by molar-refractivity contribution is 0.252. The van der Waals surface area contributed by atoms with Crippen molar-refractivity contribution in [3.8, 4) is 0 Å². The summed E-state index contributed by atoms with van der Waals surface area (Å²) in [6.45, 7) is 0. The van der Waals surface area contributed by atoms with Gasteiger partial charge in [0, 0.05) is 8.47 Å². The van der Waals surface area contributed by atoms with Crippen LogP contribution in [-0.4, -0.2) is 5.76 Å². The van der Waals surface area contributed by atoms with Crippen molar-refractivity contribution in [2.45, 2.75) is 10.7 Å². The van der Waals surface area contributed by atoms with Crippen LogP contribution in [0.5, 0.6) is 0 Å². The standard InChI is InChI=1S/C7H5F2IS/c8-7(9)11-6-3-1-2-5(10)4-6/h1-4,7H. The molecule has 0 bridgehead atoms. The van der Waals surface area contributed by atoms with E-state index in [9.17, 15) is 8.78 Å². The van der Waals surface area contributed by atoms with Gasteiger partial charge in [-0.3, -0.25) is 0 Å². The molecule has 0 fully saturated rings. The molecule has 60 valence electrons. The molecule has 0 aliphatic carbocycles. The zero-order valence-electron chi connectivity index (χ0n) is 5.43. The molecule has 1 aromatic carbocycles. The fraction of sp³-hybridized carbons (Fsp3) is 0.143. The minimum absolute atomic E-state index is 0.574. The van der Waals surface area contributed by atoms with Crippen LogP contribution in [0.2, 0.25) is 0 Å². The summed E-state index contributed by atoms with van der Waals surface area (Å²) in [5, 5.41) is 0. The summed E-state index contributed by atoms with van der Waals surface area (Å²) in [4.78, 5) is 0.618. The number of hydrogen-bond acceptors (Lipinski definition) is 1. The van der Waals surface area contributed by atoms with Crippen LogP contribution in [0.1, 0.15) is 0 Å². The first-order valence-corrected chi connectivity index (χ1v) is 4.85. The van der Waals surface area contributed by atoms with Gasteiger partial charge >= 0.3 is 0 Å². The Hall–Kier alpha value is 0.160. The van der Waals surface area contributed by atoms with Gasteiger partial charge in [0.15, 0.2) is 0 Å². The number of rotatable bonds is 2. The second-order valence-corrected chi connectivity index (χ2v) is 4.14. The van der Waals surface area contributed by atoms with E-state index in [1.165, 1.54) is 0 Å². The topological polar surface area (TPSA) is 0 Å². The van der Waals surface area contributed by atoms with E-state index in [-0.39, 0.29) is 0 Å².